The number of hydrogen-bond acceptors (Lipinski definition) is 15. The molecule has 96 heavy (non-hydrogen) atoms. The molecule has 0 aromatic rings. The summed E-state index contributed by atoms with van der Waals surface area (Å²) in [5.41, 5.74) is 0. The molecular formula is C77H138O17P2. The van der Waals surface area contributed by atoms with Gasteiger partial charge in [-0.15, -0.1) is 0 Å². The van der Waals surface area contributed by atoms with Gasteiger partial charge in [0.25, 0.3) is 0 Å². The van der Waals surface area contributed by atoms with Gasteiger partial charge in [-0.25, -0.2) is 9.13 Å². The third-order valence-corrected chi connectivity index (χ3v) is 18.1. The average molecular weight is 1400 g/mol. The summed E-state index contributed by atoms with van der Waals surface area (Å²) in [6.07, 6.45) is 68.9. The molecule has 0 spiro atoms. The molecule has 0 saturated carbocycles. The fourth-order valence-corrected chi connectivity index (χ4v) is 12.0. The zero-order chi connectivity index (χ0) is 70.4. The Hall–Kier alpha value is -3.50. The van der Waals surface area contributed by atoms with Crippen LogP contribution in [0.2, 0.25) is 0 Å². The summed E-state index contributed by atoms with van der Waals surface area (Å²) >= 11 is 0. The fourth-order valence-electron chi connectivity index (χ4n) is 10.4. The van der Waals surface area contributed by atoms with E-state index < -0.39 is 97.5 Å². The number of carbonyl (C=O) groups is 4. The molecule has 0 amide bonds. The van der Waals surface area contributed by atoms with E-state index >= 15 is 0 Å². The van der Waals surface area contributed by atoms with Crippen molar-refractivity contribution in [3.63, 3.8) is 0 Å². The largest absolute Gasteiger partial charge is 0.472 e. The Morgan fingerprint density at radius 3 is 0.833 bits per heavy atom. The SMILES string of the molecule is CC/C=C\C/C=C\C/C=C\CCCCCCCCCC(=O)OCC(COP(=O)(O)OCC(O)COP(=O)(O)OCC(COC(=O)CCCCCCC/C=C\C/C=C\C/C=C\CC)OC(=O)CCCCCCCCCCCCC)OC(=O)CCCCCCCCCCCCCCC. The van der Waals surface area contributed by atoms with Gasteiger partial charge in [0.15, 0.2) is 12.2 Å². The van der Waals surface area contributed by atoms with E-state index in [4.69, 9.17) is 37.0 Å². The summed E-state index contributed by atoms with van der Waals surface area (Å²) in [7, 11) is -9.94. The molecular weight excluding hydrogens is 1260 g/mol. The van der Waals surface area contributed by atoms with Crippen molar-refractivity contribution in [3.05, 3.63) is 72.9 Å². The number of allylic oxidation sites excluding steroid dienone is 12. The molecule has 0 heterocycles. The first-order valence-corrected chi connectivity index (χ1v) is 41.2. The summed E-state index contributed by atoms with van der Waals surface area (Å²) in [5, 5.41) is 10.6. The lowest BCUT2D eigenvalue weighted by Crippen LogP contribution is -2.30. The summed E-state index contributed by atoms with van der Waals surface area (Å²) < 4.78 is 68.4. The monoisotopic (exact) mass is 1400 g/mol. The van der Waals surface area contributed by atoms with E-state index in [2.05, 4.69) is 101 Å². The first kappa shape index (κ1) is 92.5. The molecule has 558 valence electrons. The number of phosphoric ester groups is 2. The van der Waals surface area contributed by atoms with Crippen LogP contribution in [0.25, 0.3) is 0 Å². The molecule has 19 heteroatoms. The number of carbonyl (C=O) groups excluding carboxylic acids is 4. The molecule has 3 N–H and O–H groups in total. The van der Waals surface area contributed by atoms with Gasteiger partial charge >= 0.3 is 39.5 Å². The van der Waals surface area contributed by atoms with Gasteiger partial charge in [0.2, 0.25) is 0 Å². The maximum atomic E-state index is 13.1. The second-order valence-corrected chi connectivity index (χ2v) is 28.5. The van der Waals surface area contributed by atoms with Crippen LogP contribution < -0.4 is 0 Å². The minimum atomic E-state index is -4.97. The Morgan fingerprint density at radius 2 is 0.542 bits per heavy atom. The molecule has 5 atom stereocenters. The van der Waals surface area contributed by atoms with Gasteiger partial charge in [-0.1, -0.05) is 293 Å². The summed E-state index contributed by atoms with van der Waals surface area (Å²) in [5.74, 6) is -2.18. The molecule has 0 rings (SSSR count). The van der Waals surface area contributed by atoms with E-state index in [1.165, 1.54) is 89.9 Å². The van der Waals surface area contributed by atoms with Crippen LogP contribution in [0.15, 0.2) is 72.9 Å². The van der Waals surface area contributed by atoms with E-state index in [1.807, 2.05) is 0 Å². The number of esters is 4. The molecule has 0 aromatic heterocycles. The van der Waals surface area contributed by atoms with E-state index in [-0.39, 0.29) is 25.7 Å². The van der Waals surface area contributed by atoms with Gasteiger partial charge < -0.3 is 33.8 Å². The minimum Gasteiger partial charge on any atom is -0.462 e. The van der Waals surface area contributed by atoms with Crippen molar-refractivity contribution in [1.82, 2.24) is 0 Å². The summed E-state index contributed by atoms with van der Waals surface area (Å²) in [6, 6.07) is 0. The van der Waals surface area contributed by atoms with Crippen molar-refractivity contribution >= 4 is 39.5 Å². The zero-order valence-electron chi connectivity index (χ0n) is 60.8. The molecule has 17 nitrogen and oxygen atoms in total. The second kappa shape index (κ2) is 70.0. The van der Waals surface area contributed by atoms with Crippen LogP contribution in [-0.2, 0) is 65.4 Å². The van der Waals surface area contributed by atoms with Crippen LogP contribution in [0.5, 0.6) is 0 Å². The van der Waals surface area contributed by atoms with Gasteiger partial charge in [0, 0.05) is 25.7 Å². The van der Waals surface area contributed by atoms with Crippen LogP contribution in [0.4, 0.5) is 0 Å². The number of unbranched alkanes of at least 4 members (excludes halogenated alkanes) is 34. The molecule has 0 aliphatic rings. The standard InChI is InChI=1S/C77H138O17P2/c1-5-9-13-17-21-25-29-32-34-35-37-40-43-46-50-54-58-62-75(80)88-68-73(94-77(82)64-60-56-52-48-44-38-31-27-23-19-15-11-7-3)70-92-96(85,86)90-66-71(78)65-89-95(83,84)91-69-72(93-76(81)63-59-55-51-47-41-28-24-20-16-12-8-4)67-87-74(79)61-57-53-49-45-42-39-36-33-30-26-22-18-14-10-6-2/h9-10,13-14,21-22,25-26,32-34,36,71-73,78H,5-8,11-12,15-20,23-24,27-31,35,37-70H2,1-4H3,(H,83,84)(H,85,86)/b13-9-,14-10-,25-21-,26-22-,34-32-,36-33-. The minimum absolute atomic E-state index is 0.0959. The molecule has 0 fully saturated rings. The molecule has 0 saturated heterocycles. The lowest BCUT2D eigenvalue weighted by molar-refractivity contribution is -0.161. The van der Waals surface area contributed by atoms with Crippen LogP contribution in [0, 0.1) is 0 Å². The van der Waals surface area contributed by atoms with E-state index in [9.17, 15) is 43.2 Å². The fraction of sp³-hybridized carbons (Fsp3) is 0.792. The van der Waals surface area contributed by atoms with Crippen molar-refractivity contribution in [2.24, 2.45) is 0 Å². The number of rotatable bonds is 72. The average Bonchev–Trinajstić information content (AvgIpc) is 1.17. The topological polar surface area (TPSA) is 237 Å². The van der Waals surface area contributed by atoms with Crippen molar-refractivity contribution in [2.45, 2.75) is 354 Å². The normalized spacial score (nSPS) is 14.4. The smallest absolute Gasteiger partial charge is 0.462 e. The second-order valence-electron chi connectivity index (χ2n) is 25.5. The third-order valence-electron chi connectivity index (χ3n) is 16.2. The van der Waals surface area contributed by atoms with Crippen molar-refractivity contribution < 1.29 is 80.2 Å². The van der Waals surface area contributed by atoms with Gasteiger partial charge in [-0.05, 0) is 89.9 Å². The molecule has 0 bridgehead atoms. The quantitative estimate of drug-likeness (QED) is 0.0169. The first-order chi connectivity index (χ1) is 46.7. The third kappa shape index (κ3) is 69.0. The Bertz CT molecular complexity index is 2110. The van der Waals surface area contributed by atoms with Crippen molar-refractivity contribution in [3.8, 4) is 0 Å². The number of aliphatic hydroxyl groups excluding tert-OH is 1. The first-order valence-electron chi connectivity index (χ1n) is 38.2. The molecule has 0 aliphatic heterocycles. The summed E-state index contributed by atoms with van der Waals surface area (Å²) in [4.78, 5) is 72.8. The molecule has 0 aliphatic carbocycles. The Balaban J connectivity index is 5.30. The zero-order valence-corrected chi connectivity index (χ0v) is 62.6. The predicted molar refractivity (Wildman–Crippen MR) is 390 cm³/mol. The Kier molecular flexibility index (Phi) is 67.4. The lowest BCUT2D eigenvalue weighted by Gasteiger charge is -2.21. The van der Waals surface area contributed by atoms with Crippen LogP contribution >= 0.6 is 15.6 Å². The highest BCUT2D eigenvalue weighted by atomic mass is 31.2. The maximum Gasteiger partial charge on any atom is 0.472 e. The summed E-state index contributed by atoms with van der Waals surface area (Å²) in [6.45, 7) is 4.66. The number of aliphatic hydroxyl groups is 1. The lowest BCUT2D eigenvalue weighted by atomic mass is 10.0. The van der Waals surface area contributed by atoms with E-state index in [0.717, 1.165) is 167 Å². The Labute approximate surface area is 583 Å². The number of hydrogen-bond donors (Lipinski definition) is 3. The molecule has 0 aromatic carbocycles. The number of ether oxygens (including phenoxy) is 4. The Morgan fingerprint density at radius 1 is 0.302 bits per heavy atom. The van der Waals surface area contributed by atoms with Crippen LogP contribution in [0.1, 0.15) is 336 Å². The van der Waals surface area contributed by atoms with E-state index in [0.29, 0.717) is 25.7 Å². The molecule has 0 radical (unpaired) electrons. The van der Waals surface area contributed by atoms with Gasteiger partial charge in [-0.3, -0.25) is 37.3 Å². The van der Waals surface area contributed by atoms with Crippen LogP contribution in [-0.4, -0.2) is 96.7 Å². The number of phosphoric acid groups is 2. The highest BCUT2D eigenvalue weighted by Gasteiger charge is 2.30. The maximum absolute atomic E-state index is 13.1. The van der Waals surface area contributed by atoms with Crippen molar-refractivity contribution in [2.75, 3.05) is 39.6 Å². The molecule has 5 unspecified atom stereocenters. The van der Waals surface area contributed by atoms with E-state index in [1.54, 1.807) is 0 Å². The van der Waals surface area contributed by atoms with Gasteiger partial charge in [0.05, 0.1) is 26.4 Å². The van der Waals surface area contributed by atoms with Gasteiger partial charge in [-0.2, -0.15) is 0 Å². The van der Waals surface area contributed by atoms with Crippen molar-refractivity contribution in [1.29, 1.82) is 0 Å². The van der Waals surface area contributed by atoms with Gasteiger partial charge in [0.1, 0.15) is 19.3 Å². The van der Waals surface area contributed by atoms with Crippen LogP contribution in [0.3, 0.4) is 0 Å². The highest BCUT2D eigenvalue weighted by molar-refractivity contribution is 7.47. The predicted octanol–water partition coefficient (Wildman–Crippen LogP) is 21.7. The highest BCUT2D eigenvalue weighted by Crippen LogP contribution is 2.45.